The normalized spacial score (nSPS) is 16.5. The average molecular weight is 476 g/mol. The molecule has 184 valence electrons. The van der Waals surface area contributed by atoms with Crippen LogP contribution in [0.1, 0.15) is 67.4 Å². The number of H-pyrrole nitrogens is 1. The highest BCUT2D eigenvalue weighted by Crippen LogP contribution is 2.51. The van der Waals surface area contributed by atoms with E-state index in [1.807, 2.05) is 39.8 Å². The Bertz CT molecular complexity index is 1190. The molecule has 1 unspecified atom stereocenters. The van der Waals surface area contributed by atoms with Crippen LogP contribution in [0.4, 0.5) is 5.69 Å². The third kappa shape index (κ3) is 4.85. The first-order chi connectivity index (χ1) is 16.8. The number of nitrogens with zero attached hydrogens (tertiary/aromatic N) is 4. The van der Waals surface area contributed by atoms with Crippen molar-refractivity contribution in [2.75, 3.05) is 5.32 Å². The molecule has 2 aliphatic rings. The van der Waals surface area contributed by atoms with Crippen molar-refractivity contribution >= 4 is 17.5 Å². The molecule has 9 heteroatoms. The van der Waals surface area contributed by atoms with Crippen LogP contribution < -0.4 is 10.6 Å². The van der Waals surface area contributed by atoms with Crippen molar-refractivity contribution in [2.24, 2.45) is 17.8 Å². The van der Waals surface area contributed by atoms with Gasteiger partial charge in [-0.25, -0.2) is 0 Å². The molecule has 3 aromatic rings. The van der Waals surface area contributed by atoms with Crippen molar-refractivity contribution in [3.8, 4) is 11.3 Å². The highest BCUT2D eigenvalue weighted by molar-refractivity contribution is 6.00. The molecule has 9 nitrogen and oxygen atoms in total. The number of aromatic nitrogens is 5. The van der Waals surface area contributed by atoms with Gasteiger partial charge < -0.3 is 10.6 Å². The largest absolute Gasteiger partial charge is 0.339 e. The molecule has 3 heterocycles. The van der Waals surface area contributed by atoms with Gasteiger partial charge in [-0.3, -0.25) is 24.4 Å². The second kappa shape index (κ2) is 9.28. The molecule has 2 fully saturated rings. The first-order valence-corrected chi connectivity index (χ1v) is 12.5. The highest BCUT2D eigenvalue weighted by Gasteiger charge is 2.48. The van der Waals surface area contributed by atoms with E-state index in [0.29, 0.717) is 23.2 Å². The lowest BCUT2D eigenvalue weighted by Gasteiger charge is -2.27. The zero-order valence-electron chi connectivity index (χ0n) is 20.7. The zero-order chi connectivity index (χ0) is 24.7. The number of nitrogens with one attached hydrogen (secondary N) is 3. The Morgan fingerprint density at radius 1 is 1.09 bits per heavy atom. The maximum absolute atomic E-state index is 13.6. The van der Waals surface area contributed by atoms with E-state index in [1.54, 1.807) is 23.1 Å². The topological polar surface area (TPSA) is 118 Å². The molecule has 0 radical (unpaired) electrons. The minimum Gasteiger partial charge on any atom is -0.339 e. The molecule has 2 aliphatic carbocycles. The summed E-state index contributed by atoms with van der Waals surface area (Å²) in [6.07, 6.45) is 7.75. The van der Waals surface area contributed by atoms with Crippen molar-refractivity contribution in [3.63, 3.8) is 0 Å². The maximum Gasteiger partial charge on any atom is 0.270 e. The summed E-state index contributed by atoms with van der Waals surface area (Å²) in [6, 6.07) is 4.89. The number of carbonyl (C=O) groups is 2. The van der Waals surface area contributed by atoms with Gasteiger partial charge in [0, 0.05) is 23.5 Å². The molecule has 0 bridgehead atoms. The second-order valence-electron chi connectivity index (χ2n) is 10.2. The van der Waals surface area contributed by atoms with E-state index in [9.17, 15) is 9.59 Å². The summed E-state index contributed by atoms with van der Waals surface area (Å²) in [5.74, 6) is 0.671. The number of carbonyl (C=O) groups excluding carboxylic acids is 2. The van der Waals surface area contributed by atoms with Crippen LogP contribution in [0.25, 0.3) is 11.3 Å². The summed E-state index contributed by atoms with van der Waals surface area (Å²) in [5.41, 5.74) is 4.68. The molecular formula is C26H33N7O2. The summed E-state index contributed by atoms with van der Waals surface area (Å²) in [4.78, 5) is 31.4. The number of rotatable bonds is 9. The van der Waals surface area contributed by atoms with Gasteiger partial charge in [0.25, 0.3) is 5.91 Å². The third-order valence-electron chi connectivity index (χ3n) is 7.09. The number of hydrogen-bond donors (Lipinski definition) is 3. The lowest BCUT2D eigenvalue weighted by atomic mass is 9.88. The number of amides is 2. The van der Waals surface area contributed by atoms with Crippen LogP contribution in [0.5, 0.6) is 0 Å². The van der Waals surface area contributed by atoms with E-state index in [-0.39, 0.29) is 23.8 Å². The molecule has 3 N–H and O–H groups in total. The number of pyridine rings is 1. The summed E-state index contributed by atoms with van der Waals surface area (Å²) in [6.45, 7) is 7.86. The number of anilines is 1. The molecule has 0 aromatic carbocycles. The van der Waals surface area contributed by atoms with E-state index in [1.165, 1.54) is 0 Å². The van der Waals surface area contributed by atoms with Gasteiger partial charge in [-0.1, -0.05) is 0 Å². The van der Waals surface area contributed by atoms with E-state index >= 15 is 0 Å². The molecule has 0 saturated heterocycles. The minimum atomic E-state index is -0.601. The van der Waals surface area contributed by atoms with Crippen molar-refractivity contribution in [3.05, 3.63) is 47.7 Å². The fraction of sp³-hybridized carbons (Fsp3) is 0.500. The van der Waals surface area contributed by atoms with Crippen molar-refractivity contribution in [2.45, 2.75) is 65.5 Å². The first-order valence-electron chi connectivity index (χ1n) is 12.5. The van der Waals surface area contributed by atoms with E-state index < -0.39 is 6.04 Å². The number of hydrogen-bond acceptors (Lipinski definition) is 5. The van der Waals surface area contributed by atoms with Gasteiger partial charge in [0.1, 0.15) is 11.7 Å². The van der Waals surface area contributed by atoms with Gasteiger partial charge in [-0.15, -0.1) is 0 Å². The Morgan fingerprint density at radius 2 is 1.80 bits per heavy atom. The molecule has 2 saturated carbocycles. The second-order valence-corrected chi connectivity index (χ2v) is 10.2. The molecule has 1 atom stereocenters. The molecular weight excluding hydrogens is 442 g/mol. The van der Waals surface area contributed by atoms with Crippen LogP contribution in [0.3, 0.4) is 0 Å². The summed E-state index contributed by atoms with van der Waals surface area (Å²) >= 11 is 0. The Labute approximate surface area is 205 Å². The average Bonchev–Trinajstić information content (AvgIpc) is 3.76. The monoisotopic (exact) mass is 475 g/mol. The Hall–Kier alpha value is -3.49. The van der Waals surface area contributed by atoms with Gasteiger partial charge >= 0.3 is 0 Å². The standard InChI is InChI=1S/C26H33N7O2/c1-14(2)33-21(11-12-28-33)25(34)30-24(23(17-5-6-17)18-7-8-18)26(35)29-19-9-10-20(27-13-19)22-15(3)31-32-16(22)4/h9-14,17-18,23-24H,5-8H2,1-4H3,(H,29,35)(H,30,34)(H,31,32). The molecule has 0 aliphatic heterocycles. The summed E-state index contributed by atoms with van der Waals surface area (Å²) < 4.78 is 1.69. The van der Waals surface area contributed by atoms with Crippen LogP contribution in [0, 0.1) is 31.6 Å². The minimum absolute atomic E-state index is 0.0489. The number of aryl methyl sites for hydroxylation is 2. The van der Waals surface area contributed by atoms with Gasteiger partial charge in [-0.05, 0) is 89.3 Å². The predicted octanol–water partition coefficient (Wildman–Crippen LogP) is 4.04. The fourth-order valence-electron chi connectivity index (χ4n) is 5.11. The van der Waals surface area contributed by atoms with Crippen LogP contribution >= 0.6 is 0 Å². The SMILES string of the molecule is Cc1n[nH]c(C)c1-c1ccc(NC(=O)C(NC(=O)c2ccnn2C(C)C)C(C2CC2)C2CC2)cn1. The molecule has 2 amide bonds. The van der Waals surface area contributed by atoms with Crippen LogP contribution in [0.2, 0.25) is 0 Å². The van der Waals surface area contributed by atoms with Crippen molar-refractivity contribution in [1.82, 2.24) is 30.3 Å². The third-order valence-corrected chi connectivity index (χ3v) is 7.09. The summed E-state index contributed by atoms with van der Waals surface area (Å²) in [5, 5.41) is 17.6. The van der Waals surface area contributed by atoms with Crippen LogP contribution in [-0.2, 0) is 4.79 Å². The van der Waals surface area contributed by atoms with E-state index in [2.05, 4.69) is 30.9 Å². The lowest BCUT2D eigenvalue weighted by Crippen LogP contribution is -2.50. The molecule has 5 rings (SSSR count). The van der Waals surface area contributed by atoms with Gasteiger partial charge in [-0.2, -0.15) is 10.2 Å². The first kappa shape index (κ1) is 23.3. The smallest absolute Gasteiger partial charge is 0.270 e. The molecule has 35 heavy (non-hydrogen) atoms. The Kier molecular flexibility index (Phi) is 6.17. The van der Waals surface area contributed by atoms with Gasteiger partial charge in [0.05, 0.1) is 23.3 Å². The highest BCUT2D eigenvalue weighted by atomic mass is 16.2. The summed E-state index contributed by atoms with van der Waals surface area (Å²) in [7, 11) is 0. The Morgan fingerprint density at radius 3 is 2.34 bits per heavy atom. The number of aromatic amines is 1. The van der Waals surface area contributed by atoms with Crippen molar-refractivity contribution < 1.29 is 9.59 Å². The lowest BCUT2D eigenvalue weighted by molar-refractivity contribution is -0.119. The Balaban J connectivity index is 1.36. The maximum atomic E-state index is 13.6. The zero-order valence-corrected chi connectivity index (χ0v) is 20.7. The van der Waals surface area contributed by atoms with Gasteiger partial charge in [0.15, 0.2) is 0 Å². The quantitative estimate of drug-likeness (QED) is 0.432. The molecule has 0 spiro atoms. The fourth-order valence-corrected chi connectivity index (χ4v) is 5.11. The van der Waals surface area contributed by atoms with Gasteiger partial charge in [0.2, 0.25) is 5.91 Å². The van der Waals surface area contributed by atoms with E-state index in [0.717, 1.165) is 48.3 Å². The van der Waals surface area contributed by atoms with Crippen LogP contribution in [-0.4, -0.2) is 42.8 Å². The van der Waals surface area contributed by atoms with E-state index in [4.69, 9.17) is 0 Å². The predicted molar refractivity (Wildman–Crippen MR) is 133 cm³/mol. The molecule has 3 aromatic heterocycles. The van der Waals surface area contributed by atoms with Crippen LogP contribution in [0.15, 0.2) is 30.6 Å². The van der Waals surface area contributed by atoms with Crippen molar-refractivity contribution in [1.29, 1.82) is 0 Å².